The number of rotatable bonds is 6. The summed E-state index contributed by atoms with van der Waals surface area (Å²) in [5.74, 6) is -1.25. The number of likely N-dealkylation sites (tertiary alicyclic amines) is 1. The van der Waals surface area contributed by atoms with E-state index >= 15 is 0 Å². The fourth-order valence-electron chi connectivity index (χ4n) is 3.65. The van der Waals surface area contributed by atoms with Gasteiger partial charge in [-0.1, -0.05) is 6.07 Å². The Morgan fingerprint density at radius 3 is 2.52 bits per heavy atom. The lowest BCUT2D eigenvalue weighted by Crippen LogP contribution is -2.42. The van der Waals surface area contributed by atoms with Crippen molar-refractivity contribution in [2.24, 2.45) is 5.92 Å². The highest BCUT2D eigenvalue weighted by Gasteiger charge is 2.28. The predicted octanol–water partition coefficient (Wildman–Crippen LogP) is 1.77. The summed E-state index contributed by atoms with van der Waals surface area (Å²) in [7, 11) is 0. The summed E-state index contributed by atoms with van der Waals surface area (Å²) < 4.78 is 10.2. The molecule has 0 aromatic heterocycles. The highest BCUT2D eigenvalue weighted by molar-refractivity contribution is 5.97. The van der Waals surface area contributed by atoms with Gasteiger partial charge in [-0.15, -0.1) is 0 Å². The number of anilines is 1. The minimum Gasteiger partial charge on any atom is -0.466 e. The Labute approximate surface area is 169 Å². The lowest BCUT2D eigenvalue weighted by Gasteiger charge is -2.30. The number of esters is 2. The minimum atomic E-state index is -0.603. The molecule has 3 rings (SSSR count). The van der Waals surface area contributed by atoms with Crippen molar-refractivity contribution < 1.29 is 28.7 Å². The van der Waals surface area contributed by atoms with Gasteiger partial charge in [0.1, 0.15) is 0 Å². The van der Waals surface area contributed by atoms with Crippen LogP contribution in [0.1, 0.15) is 43.0 Å². The first kappa shape index (κ1) is 20.8. The molecule has 29 heavy (non-hydrogen) atoms. The van der Waals surface area contributed by atoms with Gasteiger partial charge in [-0.2, -0.15) is 0 Å². The second kappa shape index (κ2) is 9.54. The first-order chi connectivity index (χ1) is 14.0. The van der Waals surface area contributed by atoms with E-state index in [1.54, 1.807) is 41.0 Å². The summed E-state index contributed by atoms with van der Waals surface area (Å²) in [6.45, 7) is 3.27. The Hall–Kier alpha value is -2.90. The number of ether oxygens (including phenoxy) is 2. The zero-order chi connectivity index (χ0) is 20.8. The van der Waals surface area contributed by atoms with Gasteiger partial charge in [0, 0.05) is 31.7 Å². The van der Waals surface area contributed by atoms with Gasteiger partial charge in [-0.3, -0.25) is 14.4 Å². The molecule has 2 aliphatic rings. The number of hydrogen-bond donors (Lipinski definition) is 0. The zero-order valence-corrected chi connectivity index (χ0v) is 16.6. The van der Waals surface area contributed by atoms with Gasteiger partial charge in [0.2, 0.25) is 5.91 Å². The lowest BCUT2D eigenvalue weighted by atomic mass is 9.97. The summed E-state index contributed by atoms with van der Waals surface area (Å²) in [5.41, 5.74) is 0.963. The molecule has 8 heteroatoms. The molecule has 156 valence electrons. The average molecular weight is 402 g/mol. The third-order valence-electron chi connectivity index (χ3n) is 5.26. The van der Waals surface area contributed by atoms with Crippen molar-refractivity contribution in [3.8, 4) is 0 Å². The summed E-state index contributed by atoms with van der Waals surface area (Å²) >= 11 is 0. The Morgan fingerprint density at radius 2 is 1.86 bits per heavy atom. The smallest absolute Gasteiger partial charge is 0.338 e. The molecule has 0 bridgehead atoms. The largest absolute Gasteiger partial charge is 0.466 e. The van der Waals surface area contributed by atoms with E-state index in [1.165, 1.54) is 0 Å². The van der Waals surface area contributed by atoms with Crippen molar-refractivity contribution in [2.75, 3.05) is 37.7 Å². The van der Waals surface area contributed by atoms with Crippen molar-refractivity contribution in [2.45, 2.75) is 32.6 Å². The maximum absolute atomic E-state index is 12.3. The van der Waals surface area contributed by atoms with Gasteiger partial charge >= 0.3 is 11.9 Å². The van der Waals surface area contributed by atoms with Crippen molar-refractivity contribution >= 4 is 29.4 Å². The molecule has 0 unspecified atom stereocenters. The molecule has 0 spiro atoms. The molecule has 2 amide bonds. The van der Waals surface area contributed by atoms with Crippen LogP contribution in [0.4, 0.5) is 5.69 Å². The molecule has 8 nitrogen and oxygen atoms in total. The lowest BCUT2D eigenvalue weighted by molar-refractivity contribution is -0.151. The molecule has 0 radical (unpaired) electrons. The number of hydrogen-bond acceptors (Lipinski definition) is 6. The molecule has 1 aromatic carbocycles. The van der Waals surface area contributed by atoms with E-state index in [1.807, 2.05) is 0 Å². The SMILES string of the molecule is CCOC(=O)C1CCN(C(=O)COC(=O)c2cccc(N3CCCC3=O)c2)CC1. The fourth-order valence-corrected chi connectivity index (χ4v) is 3.65. The Balaban J connectivity index is 1.49. The highest BCUT2D eigenvalue weighted by Crippen LogP contribution is 2.23. The van der Waals surface area contributed by atoms with Crippen LogP contribution >= 0.6 is 0 Å². The van der Waals surface area contributed by atoms with E-state index in [2.05, 4.69) is 0 Å². The van der Waals surface area contributed by atoms with Gasteiger partial charge in [-0.05, 0) is 44.4 Å². The first-order valence-electron chi connectivity index (χ1n) is 10.0. The number of carbonyl (C=O) groups excluding carboxylic acids is 4. The van der Waals surface area contributed by atoms with Gasteiger partial charge in [0.25, 0.3) is 5.91 Å². The number of amides is 2. The summed E-state index contributed by atoms with van der Waals surface area (Å²) in [6, 6.07) is 6.68. The Bertz CT molecular complexity index is 785. The van der Waals surface area contributed by atoms with Crippen LogP contribution in [0.3, 0.4) is 0 Å². The van der Waals surface area contributed by atoms with Crippen LogP contribution in [0.2, 0.25) is 0 Å². The second-order valence-electron chi connectivity index (χ2n) is 7.18. The van der Waals surface area contributed by atoms with Gasteiger partial charge in [0.05, 0.1) is 18.1 Å². The van der Waals surface area contributed by atoms with Crippen LogP contribution in [-0.4, -0.2) is 61.5 Å². The van der Waals surface area contributed by atoms with Crippen LogP contribution in [0.25, 0.3) is 0 Å². The quantitative estimate of drug-likeness (QED) is 0.674. The molecule has 0 N–H and O–H groups in total. The highest BCUT2D eigenvalue weighted by atomic mass is 16.5. The van der Waals surface area contributed by atoms with Crippen LogP contribution in [0.15, 0.2) is 24.3 Å². The molecule has 1 aromatic rings. The number of carbonyl (C=O) groups is 4. The van der Waals surface area contributed by atoms with Crippen LogP contribution < -0.4 is 4.90 Å². The van der Waals surface area contributed by atoms with Crippen molar-refractivity contribution in [3.63, 3.8) is 0 Å². The van der Waals surface area contributed by atoms with E-state index in [-0.39, 0.29) is 30.3 Å². The van der Waals surface area contributed by atoms with E-state index < -0.39 is 5.97 Å². The zero-order valence-electron chi connectivity index (χ0n) is 16.6. The predicted molar refractivity (Wildman–Crippen MR) is 104 cm³/mol. The van der Waals surface area contributed by atoms with Crippen molar-refractivity contribution in [3.05, 3.63) is 29.8 Å². The Kier molecular flexibility index (Phi) is 6.85. The van der Waals surface area contributed by atoms with E-state index in [0.717, 1.165) is 6.42 Å². The van der Waals surface area contributed by atoms with Crippen LogP contribution in [0.5, 0.6) is 0 Å². The maximum Gasteiger partial charge on any atom is 0.338 e. The van der Waals surface area contributed by atoms with E-state index in [9.17, 15) is 19.2 Å². The number of nitrogens with zero attached hydrogens (tertiary/aromatic N) is 2. The Morgan fingerprint density at radius 1 is 1.10 bits per heavy atom. The molecule has 0 atom stereocenters. The van der Waals surface area contributed by atoms with Gasteiger partial charge in [-0.25, -0.2) is 4.79 Å². The van der Waals surface area contributed by atoms with Crippen molar-refractivity contribution in [1.82, 2.24) is 4.90 Å². The van der Waals surface area contributed by atoms with Crippen LogP contribution in [0, 0.1) is 5.92 Å². The monoisotopic (exact) mass is 402 g/mol. The topological polar surface area (TPSA) is 93.2 Å². The van der Waals surface area contributed by atoms with Crippen LogP contribution in [-0.2, 0) is 23.9 Å². The normalized spacial score (nSPS) is 17.3. The van der Waals surface area contributed by atoms with E-state index in [0.29, 0.717) is 56.8 Å². The summed E-state index contributed by atoms with van der Waals surface area (Å²) in [6.07, 6.45) is 2.40. The fraction of sp³-hybridized carbons (Fsp3) is 0.524. The molecule has 0 saturated carbocycles. The summed E-state index contributed by atoms with van der Waals surface area (Å²) in [4.78, 5) is 51.6. The molecular formula is C21H26N2O6. The van der Waals surface area contributed by atoms with E-state index in [4.69, 9.17) is 9.47 Å². The molecular weight excluding hydrogens is 376 g/mol. The minimum absolute atomic E-state index is 0.0388. The molecule has 2 heterocycles. The standard InChI is InChI=1S/C21H26N2O6/c1-2-28-20(26)15-8-11-22(12-9-15)19(25)14-29-21(27)16-5-3-6-17(13-16)23-10-4-7-18(23)24/h3,5-6,13,15H,2,4,7-12,14H2,1H3. The second-order valence-corrected chi connectivity index (χ2v) is 7.18. The van der Waals surface area contributed by atoms with Crippen molar-refractivity contribution in [1.29, 1.82) is 0 Å². The maximum atomic E-state index is 12.3. The molecule has 2 fully saturated rings. The van der Waals surface area contributed by atoms with Gasteiger partial charge in [0.15, 0.2) is 6.61 Å². The number of benzene rings is 1. The summed E-state index contributed by atoms with van der Waals surface area (Å²) in [5, 5.41) is 0. The molecule has 2 aliphatic heterocycles. The first-order valence-corrected chi connectivity index (χ1v) is 10.0. The van der Waals surface area contributed by atoms with Gasteiger partial charge < -0.3 is 19.3 Å². The third-order valence-corrected chi connectivity index (χ3v) is 5.26. The average Bonchev–Trinajstić information content (AvgIpc) is 3.18. The molecule has 2 saturated heterocycles. The molecule has 0 aliphatic carbocycles. The third kappa shape index (κ3) is 5.13. The number of piperidine rings is 1.